The maximum absolute atomic E-state index is 9.87. The topological polar surface area (TPSA) is 20.2 Å². The molecule has 0 radical (unpaired) electrons. The monoisotopic (exact) mass is 218 g/mol. The average Bonchev–Trinajstić information content (AvgIpc) is 2.34. The first-order valence-electron chi connectivity index (χ1n) is 6.22. The van der Waals surface area contributed by atoms with Gasteiger partial charge < -0.3 is 5.11 Å². The van der Waals surface area contributed by atoms with Crippen LogP contribution in [-0.4, -0.2) is 5.11 Å². The summed E-state index contributed by atoms with van der Waals surface area (Å²) in [6.45, 7) is 2.21. The van der Waals surface area contributed by atoms with Crippen molar-refractivity contribution < 1.29 is 5.11 Å². The molecule has 1 N–H and O–H groups in total. The Bertz CT molecular complexity index is 290. The lowest BCUT2D eigenvalue weighted by molar-refractivity contribution is 0.181. The molecule has 0 spiro atoms. The van der Waals surface area contributed by atoms with E-state index in [0.717, 1.165) is 18.4 Å². The predicted molar refractivity (Wildman–Crippen MR) is 69.3 cm³/mol. The highest BCUT2D eigenvalue weighted by Gasteiger charge is 2.02. The van der Waals surface area contributed by atoms with E-state index in [-0.39, 0.29) is 6.10 Å². The van der Waals surface area contributed by atoms with E-state index in [2.05, 4.69) is 19.1 Å². The molecule has 0 bridgehead atoms. The number of benzene rings is 1. The van der Waals surface area contributed by atoms with E-state index in [1.165, 1.54) is 19.3 Å². The largest absolute Gasteiger partial charge is 0.388 e. The van der Waals surface area contributed by atoms with Crippen molar-refractivity contribution >= 4 is 0 Å². The molecule has 1 nitrogen and oxygen atoms in total. The van der Waals surface area contributed by atoms with E-state index in [4.69, 9.17) is 0 Å². The third-order valence-electron chi connectivity index (χ3n) is 2.68. The summed E-state index contributed by atoms with van der Waals surface area (Å²) in [5, 5.41) is 9.87. The van der Waals surface area contributed by atoms with Crippen molar-refractivity contribution in [3.63, 3.8) is 0 Å². The van der Waals surface area contributed by atoms with Crippen LogP contribution in [0.5, 0.6) is 0 Å². The molecule has 0 amide bonds. The molecule has 0 fully saturated rings. The fourth-order valence-electron chi connectivity index (χ4n) is 1.67. The van der Waals surface area contributed by atoms with Gasteiger partial charge in [0.15, 0.2) is 0 Å². The van der Waals surface area contributed by atoms with Gasteiger partial charge in [-0.3, -0.25) is 0 Å². The van der Waals surface area contributed by atoms with Crippen molar-refractivity contribution in [1.29, 1.82) is 0 Å². The van der Waals surface area contributed by atoms with E-state index >= 15 is 0 Å². The molecule has 0 aromatic heterocycles. The molecule has 1 rings (SSSR count). The molecule has 0 saturated carbocycles. The standard InChI is InChI=1S/C15H22O/c1-2-3-4-5-6-10-13-15(16)14-11-8-7-9-12-14/h6-12,15-16H,2-5,13H2,1H3. The average molecular weight is 218 g/mol. The van der Waals surface area contributed by atoms with Crippen LogP contribution in [0.15, 0.2) is 42.5 Å². The molecule has 0 heterocycles. The summed E-state index contributed by atoms with van der Waals surface area (Å²) in [6.07, 6.45) is 9.59. The van der Waals surface area contributed by atoms with Crippen LogP contribution in [0, 0.1) is 0 Å². The Kier molecular flexibility index (Phi) is 6.59. The maximum Gasteiger partial charge on any atom is 0.0824 e. The van der Waals surface area contributed by atoms with Gasteiger partial charge in [-0.1, -0.05) is 62.2 Å². The lowest BCUT2D eigenvalue weighted by atomic mass is 10.1. The van der Waals surface area contributed by atoms with Crippen LogP contribution in [0.2, 0.25) is 0 Å². The Morgan fingerprint density at radius 1 is 1.12 bits per heavy atom. The van der Waals surface area contributed by atoms with Crippen LogP contribution in [0.3, 0.4) is 0 Å². The minimum atomic E-state index is -0.358. The summed E-state index contributed by atoms with van der Waals surface area (Å²) in [6, 6.07) is 9.83. The van der Waals surface area contributed by atoms with Gasteiger partial charge in [-0.2, -0.15) is 0 Å². The third-order valence-corrected chi connectivity index (χ3v) is 2.68. The zero-order valence-corrected chi connectivity index (χ0v) is 10.1. The van der Waals surface area contributed by atoms with Crippen molar-refractivity contribution in [2.45, 2.75) is 45.1 Å². The summed E-state index contributed by atoms with van der Waals surface area (Å²) in [5.74, 6) is 0. The zero-order valence-electron chi connectivity index (χ0n) is 10.1. The molecular formula is C15H22O. The summed E-state index contributed by atoms with van der Waals surface area (Å²) in [5.41, 5.74) is 1.00. The molecule has 0 aliphatic heterocycles. The van der Waals surface area contributed by atoms with Gasteiger partial charge >= 0.3 is 0 Å². The quantitative estimate of drug-likeness (QED) is 0.536. The third kappa shape index (κ3) is 5.13. The lowest BCUT2D eigenvalue weighted by Gasteiger charge is -2.07. The fourth-order valence-corrected chi connectivity index (χ4v) is 1.67. The van der Waals surface area contributed by atoms with Crippen molar-refractivity contribution in [1.82, 2.24) is 0 Å². The molecule has 1 aromatic carbocycles. The molecular weight excluding hydrogens is 196 g/mol. The molecule has 1 aromatic rings. The summed E-state index contributed by atoms with van der Waals surface area (Å²) < 4.78 is 0. The lowest BCUT2D eigenvalue weighted by Crippen LogP contribution is -1.94. The normalized spacial score (nSPS) is 13.1. The van der Waals surface area contributed by atoms with Crippen molar-refractivity contribution in [3.05, 3.63) is 48.0 Å². The smallest absolute Gasteiger partial charge is 0.0824 e. The second kappa shape index (κ2) is 8.12. The Morgan fingerprint density at radius 2 is 1.88 bits per heavy atom. The first kappa shape index (κ1) is 13.0. The first-order valence-corrected chi connectivity index (χ1v) is 6.22. The van der Waals surface area contributed by atoms with Crippen LogP contribution in [0.25, 0.3) is 0 Å². The van der Waals surface area contributed by atoms with Gasteiger partial charge in [0.05, 0.1) is 6.10 Å². The Hall–Kier alpha value is -1.08. The number of hydrogen-bond donors (Lipinski definition) is 1. The predicted octanol–water partition coefficient (Wildman–Crippen LogP) is 4.25. The molecule has 1 heteroatoms. The highest BCUT2D eigenvalue weighted by atomic mass is 16.3. The second-order valence-corrected chi connectivity index (χ2v) is 4.13. The SMILES string of the molecule is CCCCCC=CCC(O)c1ccccc1. The highest BCUT2D eigenvalue weighted by Crippen LogP contribution is 2.16. The number of hydrogen-bond acceptors (Lipinski definition) is 1. The minimum Gasteiger partial charge on any atom is -0.388 e. The van der Waals surface area contributed by atoms with Gasteiger partial charge in [-0.05, 0) is 24.8 Å². The molecule has 0 saturated heterocycles. The van der Waals surface area contributed by atoms with E-state index in [0.29, 0.717) is 0 Å². The van der Waals surface area contributed by atoms with Crippen LogP contribution < -0.4 is 0 Å². The molecule has 0 aliphatic carbocycles. The molecule has 1 atom stereocenters. The van der Waals surface area contributed by atoms with Crippen LogP contribution in [-0.2, 0) is 0 Å². The van der Waals surface area contributed by atoms with Gasteiger partial charge in [0.1, 0.15) is 0 Å². The number of aliphatic hydroxyl groups is 1. The second-order valence-electron chi connectivity index (χ2n) is 4.13. The van der Waals surface area contributed by atoms with E-state index < -0.39 is 0 Å². The van der Waals surface area contributed by atoms with Crippen LogP contribution in [0.4, 0.5) is 0 Å². The highest BCUT2D eigenvalue weighted by molar-refractivity contribution is 5.17. The number of aliphatic hydroxyl groups excluding tert-OH is 1. The van der Waals surface area contributed by atoms with Crippen molar-refractivity contribution in [2.75, 3.05) is 0 Å². The van der Waals surface area contributed by atoms with Gasteiger partial charge in [0.25, 0.3) is 0 Å². The number of unbranched alkanes of at least 4 members (excludes halogenated alkanes) is 3. The Morgan fingerprint density at radius 3 is 2.56 bits per heavy atom. The fraction of sp³-hybridized carbons (Fsp3) is 0.467. The summed E-state index contributed by atoms with van der Waals surface area (Å²) in [4.78, 5) is 0. The zero-order chi connectivity index (χ0) is 11.6. The maximum atomic E-state index is 9.87. The Balaban J connectivity index is 2.22. The number of rotatable bonds is 7. The first-order chi connectivity index (χ1) is 7.84. The van der Waals surface area contributed by atoms with Gasteiger partial charge in [0.2, 0.25) is 0 Å². The van der Waals surface area contributed by atoms with E-state index in [1.807, 2.05) is 30.3 Å². The van der Waals surface area contributed by atoms with Crippen LogP contribution in [0.1, 0.15) is 50.7 Å². The van der Waals surface area contributed by atoms with Crippen LogP contribution >= 0.6 is 0 Å². The molecule has 16 heavy (non-hydrogen) atoms. The van der Waals surface area contributed by atoms with E-state index in [1.54, 1.807) is 0 Å². The minimum absolute atomic E-state index is 0.358. The summed E-state index contributed by atoms with van der Waals surface area (Å²) in [7, 11) is 0. The number of allylic oxidation sites excluding steroid dienone is 1. The molecule has 88 valence electrons. The van der Waals surface area contributed by atoms with Gasteiger partial charge in [-0.25, -0.2) is 0 Å². The van der Waals surface area contributed by atoms with Crippen molar-refractivity contribution in [2.24, 2.45) is 0 Å². The Labute approximate surface area is 98.8 Å². The van der Waals surface area contributed by atoms with Gasteiger partial charge in [0, 0.05) is 0 Å². The van der Waals surface area contributed by atoms with E-state index in [9.17, 15) is 5.11 Å². The van der Waals surface area contributed by atoms with Gasteiger partial charge in [-0.15, -0.1) is 0 Å². The molecule has 1 unspecified atom stereocenters. The van der Waals surface area contributed by atoms with Crippen molar-refractivity contribution in [3.8, 4) is 0 Å². The summed E-state index contributed by atoms with van der Waals surface area (Å²) >= 11 is 0. The molecule has 0 aliphatic rings.